The van der Waals surface area contributed by atoms with Gasteiger partial charge in [0.2, 0.25) is 4.34 Å². The minimum atomic E-state index is -3.64. The van der Waals surface area contributed by atoms with Crippen molar-refractivity contribution >= 4 is 27.3 Å². The van der Waals surface area contributed by atoms with Gasteiger partial charge in [0.1, 0.15) is 0 Å². The Morgan fingerprint density at radius 3 is 2.79 bits per heavy atom. The summed E-state index contributed by atoms with van der Waals surface area (Å²) >= 11 is 1.10. The summed E-state index contributed by atoms with van der Waals surface area (Å²) in [7, 11) is -3.64. The first-order valence-electron chi connectivity index (χ1n) is 6.09. The van der Waals surface area contributed by atoms with E-state index in [0.29, 0.717) is 18.5 Å². The molecule has 0 aromatic carbocycles. The van der Waals surface area contributed by atoms with Crippen molar-refractivity contribution < 1.29 is 18.3 Å². The summed E-state index contributed by atoms with van der Waals surface area (Å²) in [5.74, 6) is -1.47. The number of sulfonamides is 1. The Hall–Kier alpha value is -0.990. The molecule has 1 aromatic rings. The first kappa shape index (κ1) is 13.0. The van der Waals surface area contributed by atoms with Crippen molar-refractivity contribution in [1.82, 2.24) is 9.29 Å². The molecule has 0 spiro atoms. The highest BCUT2D eigenvalue weighted by molar-refractivity contribution is 7.91. The van der Waals surface area contributed by atoms with Crippen molar-refractivity contribution in [3.8, 4) is 0 Å². The van der Waals surface area contributed by atoms with Gasteiger partial charge in [-0.05, 0) is 26.2 Å². The largest absolute Gasteiger partial charge is 0.481 e. The fourth-order valence-corrected chi connectivity index (χ4v) is 6.16. The lowest BCUT2D eigenvalue weighted by Crippen LogP contribution is -2.37. The van der Waals surface area contributed by atoms with Crippen LogP contribution in [0.4, 0.5) is 0 Å². The number of thiazole rings is 1. The second-order valence-corrected chi connectivity index (χ2v) is 7.94. The molecule has 19 heavy (non-hydrogen) atoms. The lowest BCUT2D eigenvalue weighted by atomic mass is 9.89. The van der Waals surface area contributed by atoms with E-state index in [1.54, 1.807) is 12.3 Å². The van der Waals surface area contributed by atoms with Gasteiger partial charge in [0.25, 0.3) is 10.0 Å². The molecule has 8 heteroatoms. The molecule has 2 fully saturated rings. The summed E-state index contributed by atoms with van der Waals surface area (Å²) in [5.41, 5.74) is 0.671. The molecule has 6 nitrogen and oxygen atoms in total. The van der Waals surface area contributed by atoms with Gasteiger partial charge < -0.3 is 5.11 Å². The molecule has 0 saturated carbocycles. The number of rotatable bonds is 3. The van der Waals surface area contributed by atoms with Gasteiger partial charge in [0, 0.05) is 23.2 Å². The Kier molecular flexibility index (Phi) is 2.91. The van der Waals surface area contributed by atoms with Crippen molar-refractivity contribution in [2.75, 3.05) is 0 Å². The number of carbonyl (C=O) groups is 1. The first-order valence-corrected chi connectivity index (χ1v) is 8.41. The van der Waals surface area contributed by atoms with Crippen LogP contribution >= 0.6 is 11.3 Å². The third-order valence-electron chi connectivity index (χ3n) is 3.89. The Labute approximate surface area is 115 Å². The molecule has 2 aliphatic heterocycles. The minimum absolute atomic E-state index is 0.0768. The first-order chi connectivity index (χ1) is 8.91. The van der Waals surface area contributed by atoms with Gasteiger partial charge in [-0.15, -0.1) is 11.3 Å². The summed E-state index contributed by atoms with van der Waals surface area (Å²) in [5, 5.41) is 10.9. The molecule has 1 aromatic heterocycles. The van der Waals surface area contributed by atoms with Crippen LogP contribution in [-0.4, -0.2) is 40.9 Å². The van der Waals surface area contributed by atoms with Crippen molar-refractivity contribution in [1.29, 1.82) is 0 Å². The maximum Gasteiger partial charge on any atom is 0.308 e. The number of carboxylic acids is 1. The zero-order chi connectivity index (χ0) is 13.8. The van der Waals surface area contributed by atoms with E-state index in [0.717, 1.165) is 17.8 Å². The predicted octanol–water partition coefficient (Wildman–Crippen LogP) is 1.08. The van der Waals surface area contributed by atoms with E-state index >= 15 is 0 Å². The molecule has 2 bridgehead atoms. The van der Waals surface area contributed by atoms with Crippen molar-refractivity contribution in [2.24, 2.45) is 5.92 Å². The van der Waals surface area contributed by atoms with Gasteiger partial charge in [-0.3, -0.25) is 4.79 Å². The molecule has 0 radical (unpaired) electrons. The molecular formula is C11H14N2O4S2. The van der Waals surface area contributed by atoms with E-state index < -0.39 is 28.0 Å². The quantitative estimate of drug-likeness (QED) is 0.902. The van der Waals surface area contributed by atoms with Crippen molar-refractivity contribution in [3.05, 3.63) is 11.1 Å². The standard InChI is InChI=1S/C11H14N2O4S2/c1-6-5-18-11(12-6)19(16,17)13-7-2-3-9(13)8(4-7)10(14)15/h5,7-9H,2-4H2,1H3,(H,14,15). The molecular weight excluding hydrogens is 288 g/mol. The van der Waals surface area contributed by atoms with Gasteiger partial charge in [-0.2, -0.15) is 4.31 Å². The molecule has 1 N–H and O–H groups in total. The van der Waals surface area contributed by atoms with Crippen LogP contribution in [0.15, 0.2) is 9.72 Å². The zero-order valence-electron chi connectivity index (χ0n) is 10.3. The monoisotopic (exact) mass is 302 g/mol. The number of aliphatic carboxylic acids is 1. The molecule has 104 valence electrons. The van der Waals surface area contributed by atoms with Gasteiger partial charge >= 0.3 is 5.97 Å². The average molecular weight is 302 g/mol. The summed E-state index contributed by atoms with van der Waals surface area (Å²) in [6, 6.07) is -0.586. The summed E-state index contributed by atoms with van der Waals surface area (Å²) in [6.45, 7) is 1.74. The third-order valence-corrected chi connectivity index (χ3v) is 7.22. The van der Waals surface area contributed by atoms with Gasteiger partial charge in [-0.1, -0.05) is 0 Å². The number of carboxylic acid groups (broad SMARTS) is 1. The molecule has 0 aliphatic carbocycles. The van der Waals surface area contributed by atoms with Crippen LogP contribution in [0, 0.1) is 12.8 Å². The molecule has 3 atom stereocenters. The maximum atomic E-state index is 12.6. The predicted molar refractivity (Wildman–Crippen MR) is 68.4 cm³/mol. The number of aromatic nitrogens is 1. The maximum absolute atomic E-state index is 12.6. The molecule has 3 heterocycles. The van der Waals surface area contributed by atoms with Crippen LogP contribution < -0.4 is 0 Å². The fraction of sp³-hybridized carbons (Fsp3) is 0.636. The topological polar surface area (TPSA) is 87.6 Å². The fourth-order valence-electron chi connectivity index (χ4n) is 3.12. The van der Waals surface area contributed by atoms with Crippen molar-refractivity contribution in [2.45, 2.75) is 42.6 Å². The highest BCUT2D eigenvalue weighted by Crippen LogP contribution is 2.45. The normalized spacial score (nSPS) is 30.9. The number of nitrogens with zero attached hydrogens (tertiary/aromatic N) is 2. The lowest BCUT2D eigenvalue weighted by molar-refractivity contribution is -0.142. The summed E-state index contributed by atoms with van der Waals surface area (Å²) in [4.78, 5) is 15.2. The Morgan fingerprint density at radius 2 is 2.26 bits per heavy atom. The lowest BCUT2D eigenvalue weighted by Gasteiger charge is -2.20. The van der Waals surface area contributed by atoms with E-state index in [4.69, 9.17) is 5.11 Å². The van der Waals surface area contributed by atoms with Crippen LogP contribution in [0.2, 0.25) is 0 Å². The minimum Gasteiger partial charge on any atom is -0.481 e. The Balaban J connectivity index is 1.97. The average Bonchev–Trinajstić information content (AvgIpc) is 3.01. The van der Waals surface area contributed by atoms with E-state index in [2.05, 4.69) is 4.98 Å². The van der Waals surface area contributed by atoms with E-state index in [1.807, 2.05) is 0 Å². The number of hydrogen-bond donors (Lipinski definition) is 1. The zero-order valence-corrected chi connectivity index (χ0v) is 11.9. The molecule has 3 rings (SSSR count). The van der Waals surface area contributed by atoms with E-state index in [9.17, 15) is 13.2 Å². The van der Waals surface area contributed by atoms with Gasteiger partial charge in [0.15, 0.2) is 0 Å². The molecule has 3 unspecified atom stereocenters. The second kappa shape index (κ2) is 4.26. The van der Waals surface area contributed by atoms with E-state index in [1.165, 1.54) is 4.31 Å². The van der Waals surface area contributed by atoms with Crippen LogP contribution in [0.5, 0.6) is 0 Å². The van der Waals surface area contributed by atoms with Crippen LogP contribution in [0.1, 0.15) is 25.0 Å². The summed E-state index contributed by atoms with van der Waals surface area (Å²) < 4.78 is 26.6. The SMILES string of the molecule is Cc1csc(S(=O)(=O)N2C3CCC2C(C(=O)O)C3)n1. The smallest absolute Gasteiger partial charge is 0.308 e. The van der Waals surface area contributed by atoms with Crippen LogP contribution in [0.25, 0.3) is 0 Å². The number of aryl methyl sites for hydroxylation is 1. The second-order valence-electron chi connectivity index (χ2n) is 5.07. The Bertz CT molecular complexity index is 624. The summed E-state index contributed by atoms with van der Waals surface area (Å²) in [6.07, 6.45) is 1.80. The number of fused-ring (bicyclic) bond motifs is 2. The highest BCUT2D eigenvalue weighted by atomic mass is 32.2. The molecule has 2 saturated heterocycles. The van der Waals surface area contributed by atoms with E-state index in [-0.39, 0.29) is 10.4 Å². The number of hydrogen-bond acceptors (Lipinski definition) is 5. The van der Waals surface area contributed by atoms with Crippen LogP contribution in [-0.2, 0) is 14.8 Å². The molecule has 0 amide bonds. The Morgan fingerprint density at radius 1 is 1.53 bits per heavy atom. The third kappa shape index (κ3) is 1.89. The molecule has 2 aliphatic rings. The van der Waals surface area contributed by atoms with Crippen molar-refractivity contribution in [3.63, 3.8) is 0 Å². The van der Waals surface area contributed by atoms with Crippen LogP contribution in [0.3, 0.4) is 0 Å². The highest BCUT2D eigenvalue weighted by Gasteiger charge is 2.55. The van der Waals surface area contributed by atoms with Gasteiger partial charge in [0.05, 0.1) is 5.92 Å². The van der Waals surface area contributed by atoms with Gasteiger partial charge in [-0.25, -0.2) is 13.4 Å².